The average molecular weight is 778 g/mol. The number of likely N-dealkylation sites (N-methyl/N-ethyl adjacent to an activating group) is 1. The molecule has 53 heavy (non-hydrogen) atoms. The van der Waals surface area contributed by atoms with Gasteiger partial charge >= 0.3 is 0 Å². The van der Waals surface area contributed by atoms with Gasteiger partial charge in [0.15, 0.2) is 0 Å². The van der Waals surface area contributed by atoms with Crippen LogP contribution in [0, 0.1) is 6.92 Å². The minimum atomic E-state index is -0.173. The van der Waals surface area contributed by atoms with Gasteiger partial charge in [-0.05, 0) is 73.6 Å². The fraction of sp³-hybridized carbons (Fsp3) is 0.450. The second kappa shape index (κ2) is 17.7. The number of aromatic nitrogens is 4. The van der Waals surface area contributed by atoms with E-state index in [1.165, 1.54) is 11.5 Å². The molecule has 0 spiro atoms. The summed E-state index contributed by atoms with van der Waals surface area (Å²) in [5.74, 6) is 3.22. The van der Waals surface area contributed by atoms with E-state index in [1.807, 2.05) is 49.6 Å². The van der Waals surface area contributed by atoms with E-state index >= 15 is 0 Å². The molecule has 0 unspecified atom stereocenters. The normalized spacial score (nSPS) is 16.5. The minimum absolute atomic E-state index is 0.173. The number of fused-ring (bicyclic) bond motifs is 1. The largest absolute Gasteiger partial charge is 0.491 e. The summed E-state index contributed by atoms with van der Waals surface area (Å²) in [5.41, 5.74) is 4.45. The van der Waals surface area contributed by atoms with Crippen LogP contribution in [0.2, 0.25) is 10.2 Å². The van der Waals surface area contributed by atoms with E-state index in [9.17, 15) is 0 Å². The Balaban J connectivity index is 1.05. The summed E-state index contributed by atoms with van der Waals surface area (Å²) < 4.78 is 30.3. The zero-order chi connectivity index (χ0) is 36.7. The van der Waals surface area contributed by atoms with Crippen LogP contribution >= 0.6 is 34.7 Å². The molecule has 10 nitrogen and oxygen atoms in total. The van der Waals surface area contributed by atoms with Crippen molar-refractivity contribution in [2.24, 2.45) is 0 Å². The van der Waals surface area contributed by atoms with Crippen LogP contribution in [0.1, 0.15) is 54.6 Å². The molecule has 7 rings (SSSR count). The maximum absolute atomic E-state index is 6.95. The molecule has 280 valence electrons. The quantitative estimate of drug-likeness (QED) is 0.103. The molecule has 5 aromatic rings. The van der Waals surface area contributed by atoms with Crippen molar-refractivity contribution in [2.75, 3.05) is 59.6 Å². The van der Waals surface area contributed by atoms with Crippen LogP contribution in [0.5, 0.6) is 17.4 Å². The van der Waals surface area contributed by atoms with Gasteiger partial charge in [-0.25, -0.2) is 15.0 Å². The van der Waals surface area contributed by atoms with E-state index in [0.717, 1.165) is 115 Å². The molecule has 0 saturated carbocycles. The highest BCUT2D eigenvalue weighted by Gasteiger charge is 2.24. The first kappa shape index (κ1) is 37.7. The third-order valence-corrected chi connectivity index (χ3v) is 11.7. The minimum Gasteiger partial charge on any atom is -0.491 e. The van der Waals surface area contributed by atoms with Crippen LogP contribution in [-0.4, -0.2) is 94.8 Å². The lowest BCUT2D eigenvalue weighted by Crippen LogP contribution is -2.45. The highest BCUT2D eigenvalue weighted by Crippen LogP contribution is 2.45. The predicted molar refractivity (Wildman–Crippen MR) is 211 cm³/mol. The number of hydrogen-bond donors (Lipinski definition) is 0. The fourth-order valence-electron chi connectivity index (χ4n) is 6.87. The fourth-order valence-corrected chi connectivity index (χ4v) is 8.03. The summed E-state index contributed by atoms with van der Waals surface area (Å²) >= 11 is 15.2. The van der Waals surface area contributed by atoms with Gasteiger partial charge in [0.05, 0.1) is 15.1 Å². The Kier molecular flexibility index (Phi) is 12.6. The third kappa shape index (κ3) is 9.04. The van der Waals surface area contributed by atoms with Crippen LogP contribution in [0.3, 0.4) is 0 Å². The molecule has 1 atom stereocenters. The van der Waals surface area contributed by atoms with Gasteiger partial charge in [0.2, 0.25) is 5.88 Å². The molecule has 2 aromatic carbocycles. The number of nitrogens with zero attached hydrogens (tertiary/aromatic N) is 6. The van der Waals surface area contributed by atoms with E-state index in [0.29, 0.717) is 47.4 Å². The lowest BCUT2D eigenvalue weighted by molar-refractivity contribution is 0.0835. The molecular formula is C40H46Cl2N6O4S. The third-order valence-electron chi connectivity index (χ3n) is 10.2. The van der Waals surface area contributed by atoms with Crippen LogP contribution in [0.4, 0.5) is 0 Å². The predicted octanol–water partition coefficient (Wildman–Crippen LogP) is 8.26. The standard InChI is InChI=1S/C40H46Cl2N6O4S/c1-4-30(21-29-7-5-6-8-32(29)51-25-27-22-44-39(45-23-27)28-11-18-49-19-12-28)52-40-36-34(53-46-40)24-43-38(42)35(36)31-9-10-33(37(41)26(31)2)50-20-17-48-15-13-47(3)14-16-48/h5-10,22-24,28,30H,4,11-21,25H2,1-3H3/t30-/m0/s1. The second-order valence-electron chi connectivity index (χ2n) is 13.8. The molecule has 2 aliphatic heterocycles. The first-order valence-electron chi connectivity index (χ1n) is 18.4. The van der Waals surface area contributed by atoms with Crippen LogP contribution in [-0.2, 0) is 17.8 Å². The summed E-state index contributed by atoms with van der Waals surface area (Å²) in [6.07, 6.45) is 8.62. The Morgan fingerprint density at radius 3 is 2.49 bits per heavy atom. The van der Waals surface area contributed by atoms with Crippen LogP contribution < -0.4 is 14.2 Å². The zero-order valence-electron chi connectivity index (χ0n) is 30.5. The van der Waals surface area contributed by atoms with Gasteiger partial charge in [-0.3, -0.25) is 4.90 Å². The van der Waals surface area contributed by atoms with Crippen molar-refractivity contribution in [3.8, 4) is 28.5 Å². The maximum atomic E-state index is 6.95. The maximum Gasteiger partial charge on any atom is 0.234 e. The highest BCUT2D eigenvalue weighted by molar-refractivity contribution is 7.13. The van der Waals surface area contributed by atoms with Crippen molar-refractivity contribution in [2.45, 2.75) is 58.2 Å². The first-order chi connectivity index (χ1) is 25.9. The van der Waals surface area contributed by atoms with Crippen molar-refractivity contribution in [3.63, 3.8) is 0 Å². The van der Waals surface area contributed by atoms with E-state index in [1.54, 1.807) is 6.20 Å². The van der Waals surface area contributed by atoms with Gasteiger partial charge < -0.3 is 23.8 Å². The molecule has 2 saturated heterocycles. The van der Waals surface area contributed by atoms with Gasteiger partial charge in [-0.1, -0.05) is 54.4 Å². The molecule has 0 bridgehead atoms. The highest BCUT2D eigenvalue weighted by atomic mass is 35.5. The Bertz CT molecular complexity index is 1980. The zero-order valence-corrected chi connectivity index (χ0v) is 32.9. The molecule has 13 heteroatoms. The number of benzene rings is 2. The Morgan fingerprint density at radius 2 is 1.72 bits per heavy atom. The number of piperazine rings is 1. The number of ether oxygens (including phenoxy) is 4. The molecule has 3 aromatic heterocycles. The number of para-hydroxylation sites is 1. The van der Waals surface area contributed by atoms with Gasteiger partial charge in [0, 0.05) is 88.0 Å². The molecule has 2 aliphatic rings. The van der Waals surface area contributed by atoms with Crippen molar-refractivity contribution < 1.29 is 18.9 Å². The number of halogens is 2. The Morgan fingerprint density at radius 1 is 0.943 bits per heavy atom. The second-order valence-corrected chi connectivity index (χ2v) is 15.3. The van der Waals surface area contributed by atoms with Gasteiger partial charge in [0.25, 0.3) is 0 Å². The van der Waals surface area contributed by atoms with Gasteiger partial charge in [-0.2, -0.15) is 4.37 Å². The summed E-state index contributed by atoms with van der Waals surface area (Å²) in [4.78, 5) is 18.6. The molecule has 0 radical (unpaired) electrons. The molecule has 0 aliphatic carbocycles. The molecule has 0 N–H and O–H groups in total. The van der Waals surface area contributed by atoms with Crippen LogP contribution in [0.25, 0.3) is 21.2 Å². The number of pyridine rings is 1. The summed E-state index contributed by atoms with van der Waals surface area (Å²) in [6, 6.07) is 12.0. The van der Waals surface area contributed by atoms with E-state index in [-0.39, 0.29) is 6.10 Å². The van der Waals surface area contributed by atoms with Crippen molar-refractivity contribution in [1.82, 2.24) is 29.1 Å². The van der Waals surface area contributed by atoms with E-state index in [2.05, 4.69) is 44.8 Å². The number of rotatable bonds is 14. The summed E-state index contributed by atoms with van der Waals surface area (Å²) in [6.45, 7) is 11.6. The van der Waals surface area contributed by atoms with Crippen molar-refractivity contribution in [1.29, 1.82) is 0 Å². The lowest BCUT2D eigenvalue weighted by atomic mass is 9.99. The van der Waals surface area contributed by atoms with E-state index < -0.39 is 0 Å². The monoisotopic (exact) mass is 776 g/mol. The van der Waals surface area contributed by atoms with Gasteiger partial charge in [0.1, 0.15) is 41.8 Å². The summed E-state index contributed by atoms with van der Waals surface area (Å²) in [5, 5.41) is 1.75. The smallest absolute Gasteiger partial charge is 0.234 e. The van der Waals surface area contributed by atoms with Crippen LogP contribution in [0.15, 0.2) is 55.0 Å². The summed E-state index contributed by atoms with van der Waals surface area (Å²) in [7, 11) is 2.16. The lowest BCUT2D eigenvalue weighted by Gasteiger charge is -2.32. The Labute approximate surface area is 325 Å². The topological polar surface area (TPSA) is 95.0 Å². The SMILES string of the molecule is CC[C@@H](Cc1ccccc1OCc1cnc(C2CCOCC2)nc1)Oc1nsc2cnc(Cl)c(-c3ccc(OCCN4CCN(C)CC4)c(Cl)c3C)c12. The molecular weight excluding hydrogens is 731 g/mol. The molecule has 0 amide bonds. The van der Waals surface area contributed by atoms with E-state index in [4.69, 9.17) is 46.5 Å². The molecule has 2 fully saturated rings. The number of hydrogen-bond acceptors (Lipinski definition) is 11. The first-order valence-corrected chi connectivity index (χ1v) is 19.9. The van der Waals surface area contributed by atoms with Gasteiger partial charge in [-0.15, -0.1) is 0 Å². The van der Waals surface area contributed by atoms with Crippen molar-refractivity contribution >= 4 is 44.8 Å². The Hall–Kier alpha value is -3.58. The average Bonchev–Trinajstić information content (AvgIpc) is 3.60. The molecule has 5 heterocycles. The van der Waals surface area contributed by atoms with Crippen molar-refractivity contribution in [3.05, 3.63) is 87.7 Å².